The fraction of sp³-hybridized carbons (Fsp3) is 0.100. The number of ether oxygens (including phenoxy) is 1. The molecular formula is C30H25ClN2O2. The van der Waals surface area contributed by atoms with Gasteiger partial charge >= 0.3 is 0 Å². The number of allylic oxidation sites excluding steroid dienone is 1. The number of hydrogen-bond acceptors (Lipinski definition) is 4. The molecule has 4 aromatic carbocycles. The van der Waals surface area contributed by atoms with Gasteiger partial charge in [-0.05, 0) is 73.5 Å². The Morgan fingerprint density at radius 3 is 2.09 bits per heavy atom. The van der Waals surface area contributed by atoms with Gasteiger partial charge in [-0.3, -0.25) is 4.79 Å². The zero-order valence-corrected chi connectivity index (χ0v) is 20.4. The summed E-state index contributed by atoms with van der Waals surface area (Å²) < 4.78 is 6.01. The summed E-state index contributed by atoms with van der Waals surface area (Å²) in [6.07, 6.45) is 3.35. The normalized spacial score (nSPS) is 11.3. The van der Waals surface area contributed by atoms with Gasteiger partial charge in [-0.25, -0.2) is 0 Å². The minimum absolute atomic E-state index is 0.177. The third kappa shape index (κ3) is 6.98. The van der Waals surface area contributed by atoms with Gasteiger partial charge in [0.15, 0.2) is 5.78 Å². The fourth-order valence-corrected chi connectivity index (χ4v) is 3.43. The summed E-state index contributed by atoms with van der Waals surface area (Å²) in [5, 5.41) is 9.28. The van der Waals surface area contributed by atoms with E-state index in [1.807, 2.05) is 86.6 Å². The van der Waals surface area contributed by atoms with Crippen LogP contribution in [-0.4, -0.2) is 5.78 Å². The van der Waals surface area contributed by atoms with Crippen LogP contribution < -0.4 is 4.74 Å². The number of aryl methyl sites for hydroxylation is 2. The monoisotopic (exact) mass is 480 g/mol. The van der Waals surface area contributed by atoms with Crippen molar-refractivity contribution >= 4 is 34.8 Å². The molecule has 0 aliphatic carbocycles. The molecule has 4 nitrogen and oxygen atoms in total. The molecule has 35 heavy (non-hydrogen) atoms. The van der Waals surface area contributed by atoms with Gasteiger partial charge < -0.3 is 4.74 Å². The largest absolute Gasteiger partial charge is 0.488 e. The first-order valence-corrected chi connectivity index (χ1v) is 11.6. The lowest BCUT2D eigenvalue weighted by molar-refractivity contribution is 0.104. The van der Waals surface area contributed by atoms with Crippen LogP contribution in [-0.2, 0) is 6.61 Å². The maximum Gasteiger partial charge on any atom is 0.189 e. The van der Waals surface area contributed by atoms with Crippen molar-refractivity contribution in [1.82, 2.24) is 0 Å². The van der Waals surface area contributed by atoms with E-state index in [1.165, 1.54) is 0 Å². The van der Waals surface area contributed by atoms with Gasteiger partial charge in [-0.15, -0.1) is 0 Å². The smallest absolute Gasteiger partial charge is 0.189 e. The van der Waals surface area contributed by atoms with Crippen LogP contribution in [0.3, 0.4) is 0 Å². The Morgan fingerprint density at radius 2 is 1.40 bits per heavy atom. The number of hydrogen-bond donors (Lipinski definition) is 0. The van der Waals surface area contributed by atoms with Gasteiger partial charge in [0.1, 0.15) is 12.4 Å². The summed E-state index contributed by atoms with van der Waals surface area (Å²) >= 11 is 5.98. The maximum absolute atomic E-state index is 13.2. The summed E-state index contributed by atoms with van der Waals surface area (Å²) in [6, 6.07) is 28.4. The summed E-state index contributed by atoms with van der Waals surface area (Å²) in [4.78, 5) is 13.2. The quantitative estimate of drug-likeness (QED) is 0.144. The Labute approximate surface area is 210 Å². The SMILES string of the molecule is Cc1ccc(/C=C/C(=O)c2cc(N=Nc3ccc(C)cc3)ccc2OCc2ccc(Cl)cc2)cc1. The highest BCUT2D eigenvalue weighted by molar-refractivity contribution is 6.30. The van der Waals surface area contributed by atoms with Crippen molar-refractivity contribution in [3.05, 3.63) is 130 Å². The van der Waals surface area contributed by atoms with Crippen molar-refractivity contribution < 1.29 is 9.53 Å². The van der Waals surface area contributed by atoms with Gasteiger partial charge in [0, 0.05) is 5.02 Å². The lowest BCUT2D eigenvalue weighted by Gasteiger charge is -2.11. The molecule has 0 bridgehead atoms. The van der Waals surface area contributed by atoms with Crippen LogP contribution in [0.1, 0.15) is 32.6 Å². The Bertz CT molecular complexity index is 1360. The minimum atomic E-state index is -0.177. The minimum Gasteiger partial charge on any atom is -0.488 e. The zero-order chi connectivity index (χ0) is 24.6. The van der Waals surface area contributed by atoms with Gasteiger partial charge in [0.25, 0.3) is 0 Å². The molecule has 0 spiro atoms. The van der Waals surface area contributed by atoms with Crippen LogP contribution in [0, 0.1) is 13.8 Å². The summed E-state index contributed by atoms with van der Waals surface area (Å²) in [6.45, 7) is 4.36. The van der Waals surface area contributed by atoms with E-state index in [4.69, 9.17) is 16.3 Å². The van der Waals surface area contributed by atoms with E-state index in [1.54, 1.807) is 30.4 Å². The van der Waals surface area contributed by atoms with E-state index >= 15 is 0 Å². The number of rotatable bonds is 8. The summed E-state index contributed by atoms with van der Waals surface area (Å²) in [5.74, 6) is 0.303. The zero-order valence-electron chi connectivity index (χ0n) is 19.6. The number of carbonyl (C=O) groups excluding carboxylic acids is 1. The maximum atomic E-state index is 13.2. The Balaban J connectivity index is 1.59. The molecule has 4 rings (SSSR count). The topological polar surface area (TPSA) is 51.0 Å². The van der Waals surface area contributed by atoms with Crippen molar-refractivity contribution in [2.45, 2.75) is 20.5 Å². The van der Waals surface area contributed by atoms with Gasteiger partial charge in [-0.2, -0.15) is 10.2 Å². The predicted molar refractivity (Wildman–Crippen MR) is 142 cm³/mol. The molecule has 0 amide bonds. The highest BCUT2D eigenvalue weighted by Gasteiger charge is 2.12. The van der Waals surface area contributed by atoms with E-state index in [-0.39, 0.29) is 5.78 Å². The molecule has 0 saturated heterocycles. The summed E-state index contributed by atoms with van der Waals surface area (Å²) in [7, 11) is 0. The average Bonchev–Trinajstić information content (AvgIpc) is 2.88. The van der Waals surface area contributed by atoms with E-state index in [2.05, 4.69) is 10.2 Å². The second-order valence-electron chi connectivity index (χ2n) is 8.24. The molecule has 174 valence electrons. The van der Waals surface area contributed by atoms with Crippen LogP contribution in [0.4, 0.5) is 11.4 Å². The van der Waals surface area contributed by atoms with Crippen LogP contribution in [0.2, 0.25) is 5.02 Å². The molecule has 0 saturated carbocycles. The second kappa shape index (κ2) is 11.4. The molecule has 0 N–H and O–H groups in total. The van der Waals surface area contributed by atoms with Crippen molar-refractivity contribution in [3.63, 3.8) is 0 Å². The summed E-state index contributed by atoms with van der Waals surface area (Å²) in [5.41, 5.74) is 5.94. The van der Waals surface area contributed by atoms with Crippen molar-refractivity contribution in [2.24, 2.45) is 10.2 Å². The van der Waals surface area contributed by atoms with Crippen LogP contribution in [0.15, 0.2) is 107 Å². The molecule has 0 aliphatic heterocycles. The molecule has 0 fully saturated rings. The van der Waals surface area contributed by atoms with Crippen LogP contribution in [0.5, 0.6) is 5.75 Å². The molecule has 0 radical (unpaired) electrons. The highest BCUT2D eigenvalue weighted by Crippen LogP contribution is 2.28. The van der Waals surface area contributed by atoms with Gasteiger partial charge in [0.05, 0.1) is 16.9 Å². The van der Waals surface area contributed by atoms with Gasteiger partial charge in [-0.1, -0.05) is 77.3 Å². The Kier molecular flexibility index (Phi) is 7.86. The Hall–Kier alpha value is -4.02. The third-order valence-electron chi connectivity index (χ3n) is 5.36. The standard InChI is InChI=1S/C30H25ClN2O2/c1-21-3-7-23(8-4-21)11-17-29(34)28-19-27(33-32-26-14-5-22(2)6-15-26)16-18-30(28)35-20-24-9-12-25(31)13-10-24/h3-19H,20H2,1-2H3/b17-11+,33-32?. The lowest BCUT2D eigenvalue weighted by atomic mass is 10.1. The number of ketones is 1. The molecule has 0 unspecified atom stereocenters. The molecule has 0 aromatic heterocycles. The first-order chi connectivity index (χ1) is 17.0. The van der Waals surface area contributed by atoms with Crippen LogP contribution in [0.25, 0.3) is 6.08 Å². The second-order valence-corrected chi connectivity index (χ2v) is 8.68. The Morgan fingerprint density at radius 1 is 0.800 bits per heavy atom. The third-order valence-corrected chi connectivity index (χ3v) is 5.61. The molecular weight excluding hydrogens is 456 g/mol. The van der Waals surface area contributed by atoms with E-state index in [0.717, 1.165) is 27.9 Å². The molecule has 0 heterocycles. The average molecular weight is 481 g/mol. The van der Waals surface area contributed by atoms with Gasteiger partial charge in [0.2, 0.25) is 0 Å². The lowest BCUT2D eigenvalue weighted by Crippen LogP contribution is -2.02. The number of azo groups is 1. The van der Waals surface area contributed by atoms with Crippen LogP contribution >= 0.6 is 11.6 Å². The van der Waals surface area contributed by atoms with E-state index in [9.17, 15) is 4.79 Å². The first kappa shape index (κ1) is 24.1. The van der Waals surface area contributed by atoms with E-state index in [0.29, 0.717) is 28.6 Å². The van der Waals surface area contributed by atoms with Crippen molar-refractivity contribution in [3.8, 4) is 5.75 Å². The first-order valence-electron chi connectivity index (χ1n) is 11.2. The predicted octanol–water partition coefficient (Wildman–Crippen LogP) is 8.85. The van der Waals surface area contributed by atoms with Crippen molar-refractivity contribution in [1.29, 1.82) is 0 Å². The molecule has 5 heteroatoms. The number of nitrogens with zero attached hydrogens (tertiary/aromatic N) is 2. The number of carbonyl (C=O) groups is 1. The van der Waals surface area contributed by atoms with Crippen molar-refractivity contribution in [2.75, 3.05) is 0 Å². The number of halogens is 1. The molecule has 4 aromatic rings. The highest BCUT2D eigenvalue weighted by atomic mass is 35.5. The van der Waals surface area contributed by atoms with E-state index < -0.39 is 0 Å². The fourth-order valence-electron chi connectivity index (χ4n) is 3.31. The number of benzene rings is 4. The molecule has 0 aliphatic rings. The molecule has 0 atom stereocenters.